The summed E-state index contributed by atoms with van der Waals surface area (Å²) in [6.45, 7) is 1.74. The first-order valence-electron chi connectivity index (χ1n) is 9.99. The Balaban J connectivity index is 1.45. The van der Waals surface area contributed by atoms with Crippen molar-refractivity contribution in [2.24, 2.45) is 0 Å². The molecule has 4 rings (SSSR count). The molecule has 1 aliphatic rings. The Labute approximate surface area is 172 Å². The molecular weight excluding hydrogens is 390 g/mol. The summed E-state index contributed by atoms with van der Waals surface area (Å²) in [4.78, 5) is 26.4. The third-order valence-corrected chi connectivity index (χ3v) is 5.51. The van der Waals surface area contributed by atoms with E-state index in [9.17, 15) is 18.4 Å². The second-order valence-electron chi connectivity index (χ2n) is 7.46. The van der Waals surface area contributed by atoms with Gasteiger partial charge in [0, 0.05) is 17.5 Å². The number of fused-ring (bicyclic) bond motifs is 2. The van der Waals surface area contributed by atoms with Crippen LogP contribution in [0.2, 0.25) is 0 Å². The maximum absolute atomic E-state index is 13.7. The third kappa shape index (κ3) is 3.92. The number of nitrogens with zero attached hydrogens (tertiary/aromatic N) is 1. The van der Waals surface area contributed by atoms with E-state index in [1.807, 2.05) is 6.07 Å². The number of rotatable bonds is 6. The van der Waals surface area contributed by atoms with Crippen molar-refractivity contribution in [3.05, 3.63) is 64.9 Å². The van der Waals surface area contributed by atoms with Crippen LogP contribution >= 0.6 is 0 Å². The van der Waals surface area contributed by atoms with Crippen LogP contribution in [0.25, 0.3) is 11.0 Å². The number of amides is 2. The molecule has 156 valence electrons. The highest BCUT2D eigenvalue weighted by molar-refractivity contribution is 5.95. The number of nitrogens with one attached hydrogen (secondary N) is 1. The highest BCUT2D eigenvalue weighted by atomic mass is 19.1. The maximum Gasteiger partial charge on any atom is 0.244 e. The van der Waals surface area contributed by atoms with Crippen molar-refractivity contribution in [3.8, 4) is 0 Å². The first-order valence-corrected chi connectivity index (χ1v) is 9.99. The quantitative estimate of drug-likeness (QED) is 0.659. The molecule has 0 saturated heterocycles. The van der Waals surface area contributed by atoms with Gasteiger partial charge < -0.3 is 14.6 Å². The van der Waals surface area contributed by atoms with Crippen LogP contribution in [0, 0.1) is 11.6 Å². The molecule has 5 nitrogen and oxygen atoms in total. The molecule has 1 aliphatic carbocycles. The molecule has 0 aliphatic heterocycles. The van der Waals surface area contributed by atoms with E-state index < -0.39 is 23.2 Å². The topological polar surface area (TPSA) is 62.6 Å². The second-order valence-corrected chi connectivity index (χ2v) is 7.46. The largest absolute Gasteiger partial charge is 0.464 e. The van der Waals surface area contributed by atoms with Crippen LogP contribution in [0.15, 0.2) is 41.0 Å². The molecule has 0 unspecified atom stereocenters. The molecule has 2 amide bonds. The summed E-state index contributed by atoms with van der Waals surface area (Å²) in [5, 5.41) is 3.13. The number of carbonyl (C=O) groups is 2. The van der Waals surface area contributed by atoms with E-state index in [0.717, 1.165) is 47.9 Å². The number of halogens is 2. The van der Waals surface area contributed by atoms with Crippen LogP contribution in [0.1, 0.15) is 30.0 Å². The molecule has 7 heteroatoms. The lowest BCUT2D eigenvalue weighted by molar-refractivity contribution is -0.133. The van der Waals surface area contributed by atoms with Gasteiger partial charge in [-0.3, -0.25) is 9.59 Å². The Morgan fingerprint density at radius 2 is 1.83 bits per heavy atom. The van der Waals surface area contributed by atoms with Crippen molar-refractivity contribution in [1.29, 1.82) is 0 Å². The van der Waals surface area contributed by atoms with Gasteiger partial charge >= 0.3 is 0 Å². The zero-order chi connectivity index (χ0) is 21.3. The maximum atomic E-state index is 13.7. The van der Waals surface area contributed by atoms with Crippen LogP contribution in [-0.4, -0.2) is 29.8 Å². The van der Waals surface area contributed by atoms with Crippen LogP contribution in [0.5, 0.6) is 0 Å². The number of para-hydroxylation sites is 1. The van der Waals surface area contributed by atoms with Crippen LogP contribution in [-0.2, 0) is 28.9 Å². The van der Waals surface area contributed by atoms with E-state index in [-0.39, 0.29) is 25.4 Å². The number of likely N-dealkylation sites (N-methyl/N-ethyl adjacent to an activating group) is 1. The molecule has 1 N–H and O–H groups in total. The van der Waals surface area contributed by atoms with E-state index >= 15 is 0 Å². The van der Waals surface area contributed by atoms with Crippen molar-refractivity contribution in [1.82, 2.24) is 4.90 Å². The van der Waals surface area contributed by atoms with Gasteiger partial charge in [-0.2, -0.15) is 0 Å². The highest BCUT2D eigenvalue weighted by Crippen LogP contribution is 2.30. The molecule has 1 aromatic heterocycles. The molecule has 0 spiro atoms. The molecule has 1 heterocycles. The summed E-state index contributed by atoms with van der Waals surface area (Å²) in [5.74, 6) is -2.65. The fourth-order valence-corrected chi connectivity index (χ4v) is 3.91. The Morgan fingerprint density at radius 1 is 1.13 bits per heavy atom. The predicted octanol–water partition coefficient (Wildman–Crippen LogP) is 4.23. The molecule has 0 saturated carbocycles. The number of hydrogen-bond donors (Lipinski definition) is 1. The number of benzene rings is 2. The summed E-state index contributed by atoms with van der Waals surface area (Å²) >= 11 is 0. The fourth-order valence-electron chi connectivity index (χ4n) is 3.91. The van der Waals surface area contributed by atoms with Crippen molar-refractivity contribution < 1.29 is 22.8 Å². The van der Waals surface area contributed by atoms with Crippen LogP contribution in [0.3, 0.4) is 0 Å². The standard InChI is InChI=1S/C23H22F2N2O3/c1-2-27(12-21(28)26-23-18(24)7-4-8-19(23)25)22(29)11-16-13-30-20-10-15-6-3-5-14(15)9-17(16)20/h4,7-10,13H,2-3,5-6,11-12H2,1H3,(H,26,28). The molecule has 2 aromatic carbocycles. The SMILES string of the molecule is CCN(CC(=O)Nc1c(F)cccc1F)C(=O)Cc1coc2cc3c(cc12)CCC3. The van der Waals surface area contributed by atoms with Gasteiger partial charge in [0.05, 0.1) is 19.2 Å². The zero-order valence-electron chi connectivity index (χ0n) is 16.6. The summed E-state index contributed by atoms with van der Waals surface area (Å²) in [6, 6.07) is 7.46. The van der Waals surface area contributed by atoms with Gasteiger partial charge in [0.25, 0.3) is 0 Å². The normalized spacial score (nSPS) is 12.8. The molecular formula is C23H22F2N2O3. The minimum Gasteiger partial charge on any atom is -0.464 e. The van der Waals surface area contributed by atoms with E-state index in [4.69, 9.17) is 4.42 Å². The Kier molecular flexibility index (Phi) is 5.53. The first kappa shape index (κ1) is 20.1. The summed E-state index contributed by atoms with van der Waals surface area (Å²) in [7, 11) is 0. The van der Waals surface area contributed by atoms with Gasteiger partial charge in [0.1, 0.15) is 22.9 Å². The van der Waals surface area contributed by atoms with Gasteiger partial charge in [0.2, 0.25) is 11.8 Å². The fraction of sp³-hybridized carbons (Fsp3) is 0.304. The third-order valence-electron chi connectivity index (χ3n) is 5.51. The Hall–Kier alpha value is -3.22. The Morgan fingerprint density at radius 3 is 2.53 bits per heavy atom. The lowest BCUT2D eigenvalue weighted by Gasteiger charge is -2.20. The molecule has 30 heavy (non-hydrogen) atoms. The lowest BCUT2D eigenvalue weighted by Crippen LogP contribution is -2.38. The Bertz CT molecular complexity index is 1100. The van der Waals surface area contributed by atoms with Gasteiger partial charge in [-0.1, -0.05) is 6.07 Å². The first-order chi connectivity index (χ1) is 14.5. The summed E-state index contributed by atoms with van der Waals surface area (Å²) < 4.78 is 33.1. The highest BCUT2D eigenvalue weighted by Gasteiger charge is 2.21. The smallest absolute Gasteiger partial charge is 0.244 e. The van der Waals surface area contributed by atoms with E-state index in [1.54, 1.807) is 13.2 Å². The summed E-state index contributed by atoms with van der Waals surface area (Å²) in [5.41, 5.74) is 3.59. The molecule has 0 atom stereocenters. The number of furan rings is 1. The van der Waals surface area contributed by atoms with Crippen molar-refractivity contribution in [2.45, 2.75) is 32.6 Å². The van der Waals surface area contributed by atoms with Crippen molar-refractivity contribution >= 4 is 28.5 Å². The number of anilines is 1. The van der Waals surface area contributed by atoms with Crippen molar-refractivity contribution in [2.75, 3.05) is 18.4 Å². The molecule has 0 fully saturated rings. The number of aryl methyl sites for hydroxylation is 2. The predicted molar refractivity (Wildman–Crippen MR) is 109 cm³/mol. The van der Waals surface area contributed by atoms with E-state index in [2.05, 4.69) is 11.4 Å². The van der Waals surface area contributed by atoms with E-state index in [1.165, 1.54) is 22.1 Å². The zero-order valence-corrected chi connectivity index (χ0v) is 16.6. The summed E-state index contributed by atoms with van der Waals surface area (Å²) in [6.07, 6.45) is 4.86. The van der Waals surface area contributed by atoms with Gasteiger partial charge in [-0.25, -0.2) is 8.78 Å². The number of carbonyl (C=O) groups excluding carboxylic acids is 2. The van der Waals surface area contributed by atoms with Crippen molar-refractivity contribution in [3.63, 3.8) is 0 Å². The monoisotopic (exact) mass is 412 g/mol. The minimum absolute atomic E-state index is 0.0843. The number of hydrogen-bond acceptors (Lipinski definition) is 3. The minimum atomic E-state index is -0.866. The molecule has 0 radical (unpaired) electrons. The van der Waals surface area contributed by atoms with Gasteiger partial charge in [-0.15, -0.1) is 0 Å². The second kappa shape index (κ2) is 8.26. The van der Waals surface area contributed by atoms with Crippen LogP contribution < -0.4 is 5.32 Å². The lowest BCUT2D eigenvalue weighted by atomic mass is 10.0. The average molecular weight is 412 g/mol. The average Bonchev–Trinajstić information content (AvgIpc) is 3.33. The molecule has 0 bridgehead atoms. The van der Waals surface area contributed by atoms with Gasteiger partial charge in [-0.05, 0) is 61.6 Å². The van der Waals surface area contributed by atoms with E-state index in [0.29, 0.717) is 0 Å². The molecule has 3 aromatic rings. The van der Waals surface area contributed by atoms with Crippen LogP contribution in [0.4, 0.5) is 14.5 Å². The van der Waals surface area contributed by atoms with Gasteiger partial charge in [0.15, 0.2) is 0 Å².